The fraction of sp³-hybridized carbons (Fsp3) is 0.935. The number of hydrogen-bond acceptors (Lipinski definition) is 6. The topological polar surface area (TPSA) is 78.9 Å². The molecule has 492 valence electrons. The summed E-state index contributed by atoms with van der Waals surface area (Å²) >= 11 is 0. The van der Waals surface area contributed by atoms with Crippen LogP contribution >= 0.6 is 0 Å². The van der Waals surface area contributed by atoms with Crippen LogP contribution in [0.15, 0.2) is 12.2 Å². The van der Waals surface area contributed by atoms with Gasteiger partial charge in [0.25, 0.3) is 0 Å². The van der Waals surface area contributed by atoms with Crippen molar-refractivity contribution in [1.29, 1.82) is 0 Å². The molecule has 0 N–H and O–H groups in total. The molecule has 0 aliphatic heterocycles. The summed E-state index contributed by atoms with van der Waals surface area (Å²) in [4.78, 5) is 38.5. The third-order valence-corrected chi connectivity index (χ3v) is 17.8. The molecule has 1 unspecified atom stereocenters. The average molecular weight is 1170 g/mol. The number of unbranched alkanes of at least 4 members (excludes halogenated alkanes) is 59. The molecular formula is C77H148O6. The molecule has 6 heteroatoms. The molecule has 0 aliphatic rings. The highest BCUT2D eigenvalue weighted by molar-refractivity contribution is 5.71. The van der Waals surface area contributed by atoms with Gasteiger partial charge in [0, 0.05) is 19.3 Å². The minimum Gasteiger partial charge on any atom is -0.462 e. The third-order valence-electron chi connectivity index (χ3n) is 17.8. The van der Waals surface area contributed by atoms with Crippen LogP contribution in [0.25, 0.3) is 0 Å². The van der Waals surface area contributed by atoms with E-state index in [9.17, 15) is 14.4 Å². The van der Waals surface area contributed by atoms with Gasteiger partial charge in [-0.2, -0.15) is 0 Å². The van der Waals surface area contributed by atoms with Gasteiger partial charge in [0.15, 0.2) is 6.10 Å². The zero-order valence-electron chi connectivity index (χ0n) is 56.8. The molecule has 0 aromatic carbocycles. The lowest BCUT2D eigenvalue weighted by Crippen LogP contribution is -2.30. The van der Waals surface area contributed by atoms with Crippen LogP contribution in [0.1, 0.15) is 445 Å². The third kappa shape index (κ3) is 70.8. The number of rotatable bonds is 72. The van der Waals surface area contributed by atoms with Gasteiger partial charge in [-0.15, -0.1) is 0 Å². The Balaban J connectivity index is 4.15. The maximum absolute atomic E-state index is 13.0. The molecule has 0 saturated carbocycles. The van der Waals surface area contributed by atoms with E-state index < -0.39 is 6.10 Å². The van der Waals surface area contributed by atoms with Gasteiger partial charge in [-0.1, -0.05) is 392 Å². The van der Waals surface area contributed by atoms with Crippen molar-refractivity contribution < 1.29 is 28.6 Å². The second-order valence-corrected chi connectivity index (χ2v) is 26.3. The van der Waals surface area contributed by atoms with Crippen LogP contribution in [0.4, 0.5) is 0 Å². The summed E-state index contributed by atoms with van der Waals surface area (Å²) in [6.45, 7) is 6.73. The van der Waals surface area contributed by atoms with E-state index in [4.69, 9.17) is 14.2 Å². The zero-order valence-corrected chi connectivity index (χ0v) is 56.8. The Kier molecular flexibility index (Phi) is 71.0. The van der Waals surface area contributed by atoms with E-state index in [0.717, 1.165) is 64.2 Å². The first-order valence-corrected chi connectivity index (χ1v) is 38.2. The Bertz CT molecular complexity index is 1300. The lowest BCUT2D eigenvalue weighted by atomic mass is 10.0. The Morgan fingerprint density at radius 2 is 0.398 bits per heavy atom. The number of carbonyl (C=O) groups excluding carboxylic acids is 3. The van der Waals surface area contributed by atoms with Gasteiger partial charge in [0.2, 0.25) is 0 Å². The second kappa shape index (κ2) is 72.6. The fourth-order valence-corrected chi connectivity index (χ4v) is 12.0. The second-order valence-electron chi connectivity index (χ2n) is 26.3. The van der Waals surface area contributed by atoms with E-state index in [0.29, 0.717) is 19.3 Å². The smallest absolute Gasteiger partial charge is 0.306 e. The van der Waals surface area contributed by atoms with Crippen molar-refractivity contribution in [3.63, 3.8) is 0 Å². The minimum absolute atomic E-state index is 0.0654. The fourth-order valence-electron chi connectivity index (χ4n) is 12.0. The molecule has 6 nitrogen and oxygen atoms in total. The molecular weight excluding hydrogens is 1020 g/mol. The van der Waals surface area contributed by atoms with Crippen LogP contribution in [0.3, 0.4) is 0 Å². The van der Waals surface area contributed by atoms with Gasteiger partial charge in [-0.05, 0) is 44.9 Å². The van der Waals surface area contributed by atoms with Crippen molar-refractivity contribution >= 4 is 17.9 Å². The number of esters is 3. The molecule has 0 aromatic rings. The summed E-state index contributed by atoms with van der Waals surface area (Å²) in [6.07, 6.45) is 88.4. The van der Waals surface area contributed by atoms with Crippen molar-refractivity contribution in [1.82, 2.24) is 0 Å². The zero-order chi connectivity index (χ0) is 59.9. The molecule has 1 atom stereocenters. The maximum atomic E-state index is 13.0. The number of hydrogen-bond donors (Lipinski definition) is 0. The molecule has 0 fully saturated rings. The summed E-state index contributed by atoms with van der Waals surface area (Å²) < 4.78 is 17.0. The van der Waals surface area contributed by atoms with Crippen LogP contribution in [0, 0.1) is 0 Å². The Morgan fingerprint density at radius 1 is 0.229 bits per heavy atom. The first-order valence-electron chi connectivity index (χ1n) is 38.2. The molecule has 0 aromatic heterocycles. The highest BCUT2D eigenvalue weighted by Gasteiger charge is 2.20. The molecule has 83 heavy (non-hydrogen) atoms. The predicted molar refractivity (Wildman–Crippen MR) is 363 cm³/mol. The van der Waals surface area contributed by atoms with Gasteiger partial charge < -0.3 is 14.2 Å². The Labute approximate surface area is 520 Å². The van der Waals surface area contributed by atoms with E-state index in [1.807, 2.05) is 0 Å². The van der Waals surface area contributed by atoms with E-state index in [1.165, 1.54) is 340 Å². The maximum Gasteiger partial charge on any atom is 0.306 e. The lowest BCUT2D eigenvalue weighted by molar-refractivity contribution is -0.167. The van der Waals surface area contributed by atoms with Crippen molar-refractivity contribution in [2.75, 3.05) is 13.2 Å². The summed E-state index contributed by atoms with van der Waals surface area (Å²) in [5, 5.41) is 0. The van der Waals surface area contributed by atoms with E-state index in [2.05, 4.69) is 32.9 Å². The van der Waals surface area contributed by atoms with Crippen LogP contribution in [0.5, 0.6) is 0 Å². The molecule has 0 heterocycles. The first-order chi connectivity index (χ1) is 41.0. The monoisotopic (exact) mass is 1170 g/mol. The van der Waals surface area contributed by atoms with Gasteiger partial charge in [-0.25, -0.2) is 0 Å². The average Bonchev–Trinajstić information content (AvgIpc) is 3.50. The van der Waals surface area contributed by atoms with Crippen molar-refractivity contribution in [2.45, 2.75) is 451 Å². The van der Waals surface area contributed by atoms with E-state index in [1.54, 1.807) is 0 Å². The van der Waals surface area contributed by atoms with Crippen LogP contribution in [-0.2, 0) is 28.6 Å². The summed E-state index contributed by atoms with van der Waals surface area (Å²) in [5.74, 6) is -0.836. The van der Waals surface area contributed by atoms with Gasteiger partial charge in [0.1, 0.15) is 13.2 Å². The predicted octanol–water partition coefficient (Wildman–Crippen LogP) is 26.3. The quantitative estimate of drug-likeness (QED) is 0.0261. The van der Waals surface area contributed by atoms with E-state index in [-0.39, 0.29) is 31.1 Å². The Morgan fingerprint density at radius 3 is 0.602 bits per heavy atom. The number of carbonyl (C=O) groups is 3. The molecule has 0 aliphatic carbocycles. The molecule has 0 radical (unpaired) electrons. The summed E-state index contributed by atoms with van der Waals surface area (Å²) in [7, 11) is 0. The molecule has 0 rings (SSSR count). The van der Waals surface area contributed by atoms with Crippen LogP contribution in [-0.4, -0.2) is 37.2 Å². The van der Waals surface area contributed by atoms with Gasteiger partial charge in [0.05, 0.1) is 0 Å². The lowest BCUT2D eigenvalue weighted by Gasteiger charge is -2.18. The first kappa shape index (κ1) is 81.2. The highest BCUT2D eigenvalue weighted by Crippen LogP contribution is 2.20. The van der Waals surface area contributed by atoms with Gasteiger partial charge >= 0.3 is 17.9 Å². The summed E-state index contributed by atoms with van der Waals surface area (Å²) in [6, 6.07) is 0. The molecule has 0 saturated heterocycles. The summed E-state index contributed by atoms with van der Waals surface area (Å²) in [5.41, 5.74) is 0. The molecule has 0 spiro atoms. The minimum atomic E-state index is -0.770. The standard InChI is InChI=1S/C77H148O6/c1-4-7-10-13-16-19-22-25-28-30-32-34-35-36-37-38-39-40-41-42-44-45-47-49-52-55-58-61-64-67-70-76(79)82-73-74(72-81-75(78)69-66-63-60-57-54-51-27-24-21-18-15-12-9-6-3)83-77(80)71-68-65-62-59-56-53-50-48-46-43-33-31-29-26-23-20-17-14-11-8-5-2/h24,27,74H,4-23,25-26,28-73H2,1-3H3/b27-24-. The van der Waals surface area contributed by atoms with Crippen molar-refractivity contribution in [3.8, 4) is 0 Å². The highest BCUT2D eigenvalue weighted by atomic mass is 16.6. The number of ether oxygens (including phenoxy) is 3. The van der Waals surface area contributed by atoms with Crippen LogP contribution < -0.4 is 0 Å². The number of allylic oxidation sites excluding steroid dienone is 2. The van der Waals surface area contributed by atoms with E-state index >= 15 is 0 Å². The Hall–Kier alpha value is -1.85. The SMILES string of the molecule is CCCCCCC/C=C\CCCCCCCC(=O)OCC(COC(=O)CCCCCCCCCCCCCCCCCCCCCCCCCCCCCCCC)OC(=O)CCCCCCCCCCCCCCCCCCCCCCC. The van der Waals surface area contributed by atoms with Gasteiger partial charge in [-0.3, -0.25) is 14.4 Å². The largest absolute Gasteiger partial charge is 0.462 e. The van der Waals surface area contributed by atoms with Crippen molar-refractivity contribution in [3.05, 3.63) is 12.2 Å². The van der Waals surface area contributed by atoms with Crippen molar-refractivity contribution in [2.24, 2.45) is 0 Å². The normalized spacial score (nSPS) is 12.0. The molecule has 0 bridgehead atoms. The molecule has 0 amide bonds. The van der Waals surface area contributed by atoms with Crippen LogP contribution in [0.2, 0.25) is 0 Å².